The van der Waals surface area contributed by atoms with E-state index >= 15 is 0 Å². The lowest BCUT2D eigenvalue weighted by Crippen LogP contribution is -2.30. The fraction of sp³-hybridized carbons (Fsp3) is 0.333. The van der Waals surface area contributed by atoms with Gasteiger partial charge in [0, 0.05) is 55.4 Å². The zero-order chi connectivity index (χ0) is 23.0. The van der Waals surface area contributed by atoms with Crippen LogP contribution < -0.4 is 16.0 Å². The summed E-state index contributed by atoms with van der Waals surface area (Å²) < 4.78 is 16.3. The van der Waals surface area contributed by atoms with E-state index in [0.29, 0.717) is 23.6 Å². The molecule has 2 aliphatic rings. The van der Waals surface area contributed by atoms with Crippen molar-refractivity contribution < 1.29 is 4.39 Å². The Labute approximate surface area is 194 Å². The number of nitrogens with zero attached hydrogens (tertiary/aromatic N) is 6. The lowest BCUT2D eigenvalue weighted by molar-refractivity contribution is 0.499. The van der Waals surface area contributed by atoms with E-state index < -0.39 is 0 Å². The van der Waals surface area contributed by atoms with Gasteiger partial charge in [-0.2, -0.15) is 5.10 Å². The average molecular weight is 458 g/mol. The van der Waals surface area contributed by atoms with E-state index in [4.69, 9.17) is 15.7 Å². The summed E-state index contributed by atoms with van der Waals surface area (Å²) in [7, 11) is 1.78. The van der Waals surface area contributed by atoms with Crippen molar-refractivity contribution in [3.05, 3.63) is 54.0 Å². The van der Waals surface area contributed by atoms with Crippen LogP contribution in [0.5, 0.6) is 0 Å². The second kappa shape index (κ2) is 6.86. The zero-order valence-electron chi connectivity index (χ0n) is 18.7. The number of aromatic amines is 1. The quantitative estimate of drug-likeness (QED) is 0.380. The van der Waals surface area contributed by atoms with E-state index in [2.05, 4.69) is 25.3 Å². The second-order valence-corrected chi connectivity index (χ2v) is 9.52. The van der Waals surface area contributed by atoms with Gasteiger partial charge in [0.25, 0.3) is 0 Å². The Morgan fingerprint density at radius 1 is 1.26 bits per heavy atom. The first-order valence-electron chi connectivity index (χ1n) is 11.5. The Morgan fingerprint density at radius 3 is 2.91 bits per heavy atom. The Bertz CT molecular complexity index is 1550. The highest BCUT2D eigenvalue weighted by atomic mass is 19.1. The molecule has 0 radical (unpaired) electrons. The summed E-state index contributed by atoms with van der Waals surface area (Å²) in [5.74, 6) is 1.15. The predicted molar refractivity (Wildman–Crippen MR) is 129 cm³/mol. The molecule has 1 saturated heterocycles. The van der Waals surface area contributed by atoms with Crippen LogP contribution in [0.2, 0.25) is 0 Å². The largest absolute Gasteiger partial charge is 0.386 e. The summed E-state index contributed by atoms with van der Waals surface area (Å²) in [5, 5.41) is 9.30. The zero-order valence-corrected chi connectivity index (χ0v) is 18.7. The van der Waals surface area contributed by atoms with Gasteiger partial charge in [-0.05, 0) is 31.0 Å². The molecule has 5 aromatic rings. The van der Waals surface area contributed by atoms with Crippen LogP contribution in [0.15, 0.2) is 36.7 Å². The van der Waals surface area contributed by atoms with Gasteiger partial charge >= 0.3 is 0 Å². The highest BCUT2D eigenvalue weighted by Crippen LogP contribution is 2.53. The summed E-state index contributed by atoms with van der Waals surface area (Å²) in [6, 6.07) is 6.94. The van der Waals surface area contributed by atoms with Gasteiger partial charge in [-0.3, -0.25) is 0 Å². The van der Waals surface area contributed by atoms with Crippen LogP contribution in [0.4, 0.5) is 15.9 Å². The fourth-order valence-electron chi connectivity index (χ4n) is 5.37. The first kappa shape index (κ1) is 19.7. The van der Waals surface area contributed by atoms with Gasteiger partial charge < -0.3 is 20.9 Å². The van der Waals surface area contributed by atoms with Crippen molar-refractivity contribution in [1.29, 1.82) is 0 Å². The molecule has 4 N–H and O–H groups in total. The molecule has 172 valence electrons. The van der Waals surface area contributed by atoms with Crippen molar-refractivity contribution in [2.45, 2.75) is 25.3 Å². The minimum absolute atomic E-state index is 0.111. The Kier molecular flexibility index (Phi) is 3.97. The smallest absolute Gasteiger partial charge is 0.155 e. The number of fused-ring (bicyclic) bond motifs is 4. The molecule has 1 unspecified atom stereocenters. The highest BCUT2D eigenvalue weighted by Gasteiger charge is 2.54. The topological polar surface area (TPSA) is 113 Å². The van der Waals surface area contributed by atoms with Crippen LogP contribution in [0.3, 0.4) is 0 Å². The Morgan fingerprint density at radius 2 is 2.15 bits per heavy atom. The number of nitrogens with one attached hydrogen (secondary N) is 2. The molecule has 2 fully saturated rings. The normalized spacial score (nSPS) is 19.1. The van der Waals surface area contributed by atoms with Crippen LogP contribution >= 0.6 is 0 Å². The number of hydrogen-bond donors (Lipinski definition) is 3. The number of H-pyrrole nitrogens is 1. The molecule has 1 aliphatic heterocycles. The third-order valence-corrected chi connectivity index (χ3v) is 7.35. The average Bonchev–Trinajstić information content (AvgIpc) is 3.18. The van der Waals surface area contributed by atoms with Gasteiger partial charge in [-0.25, -0.2) is 23.9 Å². The SMILES string of the molecule is CNc1cc(F)cc2c1[nH]c1nc(Cc3cc4ncccn4n3)nc(N3CC(N)C4(CC4)C3)c12. The van der Waals surface area contributed by atoms with Gasteiger partial charge in [-0.1, -0.05) is 0 Å². The molecule has 0 amide bonds. The van der Waals surface area contributed by atoms with Crippen LogP contribution in [0.25, 0.3) is 27.6 Å². The molecule has 7 rings (SSSR count). The maximum absolute atomic E-state index is 14.5. The lowest BCUT2D eigenvalue weighted by atomic mass is 10.0. The van der Waals surface area contributed by atoms with Crippen molar-refractivity contribution >= 4 is 39.1 Å². The fourth-order valence-corrected chi connectivity index (χ4v) is 5.37. The third-order valence-electron chi connectivity index (χ3n) is 7.35. The Hall–Kier alpha value is -3.79. The molecule has 0 bridgehead atoms. The van der Waals surface area contributed by atoms with Crippen molar-refractivity contribution in [2.24, 2.45) is 11.1 Å². The van der Waals surface area contributed by atoms with Crippen LogP contribution in [0.1, 0.15) is 24.4 Å². The van der Waals surface area contributed by atoms with Gasteiger partial charge in [0.2, 0.25) is 0 Å². The number of halogens is 1. The summed E-state index contributed by atoms with van der Waals surface area (Å²) in [6.45, 7) is 1.59. The maximum atomic E-state index is 14.5. The van der Waals surface area contributed by atoms with E-state index in [1.807, 2.05) is 18.3 Å². The van der Waals surface area contributed by atoms with Crippen molar-refractivity contribution in [3.63, 3.8) is 0 Å². The monoisotopic (exact) mass is 457 g/mol. The van der Waals surface area contributed by atoms with Gasteiger partial charge in [0.1, 0.15) is 23.1 Å². The summed E-state index contributed by atoms with van der Waals surface area (Å²) in [5.41, 5.74) is 10.5. The van der Waals surface area contributed by atoms with Gasteiger partial charge in [0.05, 0.1) is 28.7 Å². The van der Waals surface area contributed by atoms with Gasteiger partial charge in [-0.15, -0.1) is 0 Å². The molecule has 5 heterocycles. The molecule has 1 aliphatic carbocycles. The predicted octanol–water partition coefficient (Wildman–Crippen LogP) is 2.85. The third kappa shape index (κ3) is 2.88. The van der Waals surface area contributed by atoms with E-state index in [1.54, 1.807) is 23.8 Å². The van der Waals surface area contributed by atoms with E-state index in [0.717, 1.165) is 59.4 Å². The maximum Gasteiger partial charge on any atom is 0.155 e. The Balaban J connectivity index is 1.41. The van der Waals surface area contributed by atoms with E-state index in [-0.39, 0.29) is 17.3 Å². The van der Waals surface area contributed by atoms with Crippen molar-refractivity contribution in [2.75, 3.05) is 30.4 Å². The van der Waals surface area contributed by atoms with Crippen molar-refractivity contribution in [3.8, 4) is 0 Å². The number of aromatic nitrogens is 6. The van der Waals surface area contributed by atoms with E-state index in [9.17, 15) is 4.39 Å². The van der Waals surface area contributed by atoms with Crippen LogP contribution in [0, 0.1) is 11.2 Å². The highest BCUT2D eigenvalue weighted by molar-refractivity contribution is 6.14. The molecule has 10 heteroatoms. The molecule has 34 heavy (non-hydrogen) atoms. The summed E-state index contributed by atoms with van der Waals surface area (Å²) >= 11 is 0. The minimum atomic E-state index is -0.304. The molecular weight excluding hydrogens is 433 g/mol. The van der Waals surface area contributed by atoms with Crippen LogP contribution in [-0.4, -0.2) is 55.7 Å². The number of benzene rings is 1. The standard InChI is InChI=1S/C24H24FN9/c1-27-16-8-13(25)7-15-20-22(31-21(15)16)29-18(9-14-10-19-28-5-2-6-34(19)32-14)30-23(20)33-11-17(26)24(12-33)3-4-24/h2,5-8,10,17,27H,3-4,9,11-12,26H2,1H3,(H,29,30,31). The molecule has 4 aromatic heterocycles. The number of anilines is 2. The minimum Gasteiger partial charge on any atom is -0.386 e. The first-order valence-corrected chi connectivity index (χ1v) is 11.5. The van der Waals surface area contributed by atoms with Crippen LogP contribution in [-0.2, 0) is 6.42 Å². The van der Waals surface area contributed by atoms with Gasteiger partial charge in [0.15, 0.2) is 5.65 Å². The lowest BCUT2D eigenvalue weighted by Gasteiger charge is -2.19. The molecule has 1 atom stereocenters. The summed E-state index contributed by atoms with van der Waals surface area (Å²) in [4.78, 5) is 19.9. The van der Waals surface area contributed by atoms with Crippen molar-refractivity contribution in [1.82, 2.24) is 29.5 Å². The molecule has 9 nitrogen and oxygen atoms in total. The number of rotatable bonds is 4. The summed E-state index contributed by atoms with van der Waals surface area (Å²) in [6.07, 6.45) is 6.36. The van der Waals surface area contributed by atoms with E-state index in [1.165, 1.54) is 6.07 Å². The number of nitrogens with two attached hydrogens (primary N) is 1. The second-order valence-electron chi connectivity index (χ2n) is 9.52. The number of hydrogen-bond acceptors (Lipinski definition) is 7. The molecule has 1 aromatic carbocycles. The molecular formula is C24H24FN9. The molecule has 1 saturated carbocycles. The first-order chi connectivity index (χ1) is 16.5. The molecule has 1 spiro atoms.